The van der Waals surface area contributed by atoms with Gasteiger partial charge in [-0.15, -0.1) is 0 Å². The van der Waals surface area contributed by atoms with Gasteiger partial charge in [0.25, 0.3) is 10.0 Å². The normalized spacial score (nSPS) is 20.9. The average molecular weight is 235 g/mol. The van der Waals surface area contributed by atoms with Crippen LogP contribution in [0.4, 0.5) is 5.69 Å². The maximum atomic E-state index is 12.2. The standard InChI is InChI=1S/C10H9N3O2S/c1-7-6-11-10-12-8-4-2-3-5-9(8)16(14,15)13(7)10/h2-5H,1,6H2,(H,11,12). The van der Waals surface area contributed by atoms with Crippen molar-refractivity contribution in [3.8, 4) is 0 Å². The molecule has 0 saturated carbocycles. The van der Waals surface area contributed by atoms with Gasteiger partial charge >= 0.3 is 0 Å². The Morgan fingerprint density at radius 3 is 2.94 bits per heavy atom. The fourth-order valence-corrected chi connectivity index (χ4v) is 3.41. The summed E-state index contributed by atoms with van der Waals surface area (Å²) >= 11 is 0. The van der Waals surface area contributed by atoms with Crippen molar-refractivity contribution in [3.63, 3.8) is 0 Å². The maximum absolute atomic E-state index is 12.2. The number of guanidine groups is 1. The lowest BCUT2D eigenvalue weighted by Crippen LogP contribution is -2.41. The number of rotatable bonds is 0. The summed E-state index contributed by atoms with van der Waals surface area (Å²) in [5.74, 6) is 0.337. The summed E-state index contributed by atoms with van der Waals surface area (Å²) in [4.78, 5) is 4.35. The van der Waals surface area contributed by atoms with E-state index in [2.05, 4.69) is 16.9 Å². The van der Waals surface area contributed by atoms with Crippen LogP contribution < -0.4 is 5.32 Å². The summed E-state index contributed by atoms with van der Waals surface area (Å²) in [6.07, 6.45) is 0. The van der Waals surface area contributed by atoms with E-state index in [9.17, 15) is 8.42 Å². The molecule has 2 aliphatic heterocycles. The van der Waals surface area contributed by atoms with Crippen molar-refractivity contribution in [1.82, 2.24) is 4.31 Å². The van der Waals surface area contributed by atoms with Gasteiger partial charge in [-0.1, -0.05) is 18.7 Å². The molecule has 0 fully saturated rings. The molecule has 0 aromatic heterocycles. The average Bonchev–Trinajstić information content (AvgIpc) is 2.61. The lowest BCUT2D eigenvalue weighted by Gasteiger charge is -2.28. The Labute approximate surface area is 93.2 Å². The van der Waals surface area contributed by atoms with E-state index in [1.807, 2.05) is 0 Å². The van der Waals surface area contributed by atoms with E-state index >= 15 is 0 Å². The molecular formula is C10H9N3O2S. The number of para-hydroxylation sites is 1. The zero-order valence-corrected chi connectivity index (χ0v) is 9.16. The molecule has 1 aromatic rings. The van der Waals surface area contributed by atoms with Gasteiger partial charge in [-0.25, -0.2) is 17.7 Å². The smallest absolute Gasteiger partial charge is 0.272 e. The molecule has 0 radical (unpaired) electrons. The van der Waals surface area contributed by atoms with Crippen LogP contribution in [0.2, 0.25) is 0 Å². The maximum Gasteiger partial charge on any atom is 0.272 e. The summed E-state index contributed by atoms with van der Waals surface area (Å²) in [5, 5.41) is 2.98. The number of nitrogens with one attached hydrogen (secondary N) is 1. The highest BCUT2D eigenvalue weighted by Gasteiger charge is 2.39. The number of hydrogen-bond acceptors (Lipinski definition) is 4. The Hall–Kier alpha value is -1.82. The number of aliphatic imine (C=N–C) groups is 1. The predicted octanol–water partition coefficient (Wildman–Crippen LogP) is 0.986. The van der Waals surface area contributed by atoms with Crippen LogP contribution in [0.25, 0.3) is 0 Å². The van der Waals surface area contributed by atoms with E-state index in [0.29, 0.717) is 23.9 Å². The number of sulfonamides is 1. The first kappa shape index (κ1) is 9.41. The van der Waals surface area contributed by atoms with Crippen LogP contribution in [0.5, 0.6) is 0 Å². The number of benzene rings is 1. The summed E-state index contributed by atoms with van der Waals surface area (Å²) in [6.45, 7) is 4.01. The van der Waals surface area contributed by atoms with E-state index in [0.717, 1.165) is 4.31 Å². The molecule has 2 aliphatic rings. The van der Waals surface area contributed by atoms with Gasteiger partial charge in [-0.2, -0.15) is 0 Å². The molecule has 0 amide bonds. The van der Waals surface area contributed by atoms with E-state index in [-0.39, 0.29) is 4.90 Å². The number of fused-ring (bicyclic) bond motifs is 2. The van der Waals surface area contributed by atoms with Crippen LogP contribution in [0.3, 0.4) is 0 Å². The molecule has 0 bridgehead atoms. The minimum Gasteiger partial charge on any atom is -0.324 e. The SMILES string of the molecule is C=C1CN=C2Nc3ccccc3S(=O)(=O)N12. The Balaban J connectivity index is 2.30. The van der Waals surface area contributed by atoms with Crippen LogP contribution in [-0.2, 0) is 10.0 Å². The van der Waals surface area contributed by atoms with Crippen LogP contribution in [0, 0.1) is 0 Å². The van der Waals surface area contributed by atoms with Gasteiger partial charge in [-0.3, -0.25) is 0 Å². The molecule has 82 valence electrons. The van der Waals surface area contributed by atoms with Gasteiger partial charge < -0.3 is 5.32 Å². The lowest BCUT2D eigenvalue weighted by atomic mass is 10.3. The quantitative estimate of drug-likeness (QED) is 0.729. The Kier molecular flexibility index (Phi) is 1.68. The number of anilines is 1. The molecule has 2 heterocycles. The second kappa shape index (κ2) is 2.85. The van der Waals surface area contributed by atoms with Gasteiger partial charge in [0.2, 0.25) is 5.96 Å². The minimum absolute atomic E-state index is 0.261. The largest absolute Gasteiger partial charge is 0.324 e. The zero-order chi connectivity index (χ0) is 11.3. The van der Waals surface area contributed by atoms with Gasteiger partial charge in [0, 0.05) is 0 Å². The fourth-order valence-electron chi connectivity index (χ4n) is 1.83. The second-order valence-corrected chi connectivity index (χ2v) is 5.35. The van der Waals surface area contributed by atoms with Crippen molar-refractivity contribution >= 4 is 21.7 Å². The highest BCUT2D eigenvalue weighted by atomic mass is 32.2. The molecule has 6 heteroatoms. The molecule has 1 N–H and O–H groups in total. The monoisotopic (exact) mass is 235 g/mol. The summed E-state index contributed by atoms with van der Waals surface area (Å²) < 4.78 is 25.6. The molecule has 0 saturated heterocycles. The predicted molar refractivity (Wildman–Crippen MR) is 60.5 cm³/mol. The topological polar surface area (TPSA) is 61.8 Å². The molecule has 0 spiro atoms. The molecule has 0 unspecified atom stereocenters. The Morgan fingerprint density at radius 1 is 1.38 bits per heavy atom. The van der Waals surface area contributed by atoms with E-state index < -0.39 is 10.0 Å². The van der Waals surface area contributed by atoms with Crippen molar-refractivity contribution in [2.45, 2.75) is 4.90 Å². The zero-order valence-electron chi connectivity index (χ0n) is 8.34. The number of hydrogen-bond donors (Lipinski definition) is 1. The second-order valence-electron chi connectivity index (χ2n) is 3.60. The minimum atomic E-state index is -3.53. The van der Waals surface area contributed by atoms with Gasteiger partial charge in [0.15, 0.2) is 0 Å². The van der Waals surface area contributed by atoms with Crippen molar-refractivity contribution in [3.05, 3.63) is 36.5 Å². The third-order valence-corrected chi connectivity index (χ3v) is 4.37. The van der Waals surface area contributed by atoms with Gasteiger partial charge in [0.05, 0.1) is 17.9 Å². The Bertz CT molecular complexity index is 619. The molecule has 1 aromatic carbocycles. The van der Waals surface area contributed by atoms with Crippen LogP contribution >= 0.6 is 0 Å². The third-order valence-electron chi connectivity index (χ3n) is 2.54. The molecule has 5 nitrogen and oxygen atoms in total. The first-order valence-electron chi connectivity index (χ1n) is 4.74. The van der Waals surface area contributed by atoms with Crippen molar-refractivity contribution < 1.29 is 8.42 Å². The molecule has 0 atom stereocenters. The molecular weight excluding hydrogens is 226 g/mol. The summed E-state index contributed by atoms with van der Waals surface area (Å²) in [7, 11) is -3.53. The van der Waals surface area contributed by atoms with Crippen LogP contribution in [0.15, 0.2) is 46.4 Å². The number of nitrogens with zero attached hydrogens (tertiary/aromatic N) is 2. The molecule has 16 heavy (non-hydrogen) atoms. The highest BCUT2D eigenvalue weighted by molar-refractivity contribution is 7.90. The van der Waals surface area contributed by atoms with Crippen LogP contribution in [0.1, 0.15) is 0 Å². The molecule has 3 rings (SSSR count). The highest BCUT2D eigenvalue weighted by Crippen LogP contribution is 2.33. The first-order chi connectivity index (χ1) is 7.60. The summed E-state index contributed by atoms with van der Waals surface area (Å²) in [5.41, 5.74) is 1.03. The van der Waals surface area contributed by atoms with Gasteiger partial charge in [0.1, 0.15) is 4.90 Å². The van der Waals surface area contributed by atoms with Gasteiger partial charge in [-0.05, 0) is 12.1 Å². The molecule has 0 aliphatic carbocycles. The van der Waals surface area contributed by atoms with Crippen molar-refractivity contribution in [2.75, 3.05) is 11.9 Å². The first-order valence-corrected chi connectivity index (χ1v) is 6.18. The third kappa shape index (κ3) is 1.04. The van der Waals surface area contributed by atoms with E-state index in [4.69, 9.17) is 0 Å². The fraction of sp³-hybridized carbons (Fsp3) is 0.100. The van der Waals surface area contributed by atoms with E-state index in [1.54, 1.807) is 24.3 Å². The van der Waals surface area contributed by atoms with Crippen LogP contribution in [-0.4, -0.2) is 25.2 Å². The van der Waals surface area contributed by atoms with Crippen molar-refractivity contribution in [2.24, 2.45) is 4.99 Å². The summed E-state index contributed by atoms with van der Waals surface area (Å²) in [6, 6.07) is 6.76. The van der Waals surface area contributed by atoms with Crippen molar-refractivity contribution in [1.29, 1.82) is 0 Å². The van der Waals surface area contributed by atoms with E-state index in [1.165, 1.54) is 0 Å². The Morgan fingerprint density at radius 2 is 2.12 bits per heavy atom. The lowest BCUT2D eigenvalue weighted by molar-refractivity contribution is 0.556.